The number of benzene rings is 1. The molecule has 0 spiro atoms. The fraction of sp³-hybridized carbons (Fsp3) is 0.500. The first kappa shape index (κ1) is 23.9. The predicted molar refractivity (Wildman–Crippen MR) is 107 cm³/mol. The molecule has 0 heterocycles. The fourth-order valence-corrected chi connectivity index (χ4v) is 2.25. The van der Waals surface area contributed by atoms with Crippen LogP contribution in [0.5, 0.6) is 0 Å². The van der Waals surface area contributed by atoms with Gasteiger partial charge in [0.1, 0.15) is 26.3 Å². The number of carbonyl (C=O) groups excluding carboxylic acids is 4. The topological polar surface area (TPSA) is 96.5 Å². The number of likely N-dealkylation sites (N-methyl/N-ethyl adjacent to an activating group) is 2. The molecule has 9 nitrogen and oxygen atoms in total. The summed E-state index contributed by atoms with van der Waals surface area (Å²) in [5.41, 5.74) is 0.890. The minimum absolute atomic E-state index is 0.109. The zero-order chi connectivity index (χ0) is 21.8. The Morgan fingerprint density at radius 1 is 0.759 bits per heavy atom. The molecule has 9 heteroatoms. The normalized spacial score (nSPS) is 10.1. The van der Waals surface area contributed by atoms with Crippen LogP contribution in [0.3, 0.4) is 0 Å². The zero-order valence-electron chi connectivity index (χ0n) is 17.4. The highest BCUT2D eigenvalue weighted by Gasteiger charge is 2.13. The average Bonchev–Trinajstić information content (AvgIpc) is 2.67. The number of hydrogen-bond acceptors (Lipinski definition) is 7. The van der Waals surface area contributed by atoms with Gasteiger partial charge in [-0.2, -0.15) is 0 Å². The third-order valence-electron chi connectivity index (χ3n) is 4.18. The Balaban J connectivity index is 2.51. The molecule has 0 aromatic heterocycles. The number of esters is 2. The number of ether oxygens (including phenoxy) is 2. The minimum Gasteiger partial charge on any atom is -0.462 e. The SMILES string of the molecule is CC(=O)N(C)CC(=O)OCCN(CCOC(=O)CN(C)C(C)=O)c1ccccc1. The Bertz CT molecular complexity index is 655. The molecule has 0 radical (unpaired) electrons. The first-order valence-electron chi connectivity index (χ1n) is 9.25. The minimum atomic E-state index is -0.491. The first-order valence-corrected chi connectivity index (χ1v) is 9.25. The summed E-state index contributed by atoms with van der Waals surface area (Å²) in [7, 11) is 3.05. The van der Waals surface area contributed by atoms with Crippen molar-refractivity contribution in [3.8, 4) is 0 Å². The van der Waals surface area contributed by atoms with Crippen molar-refractivity contribution in [2.24, 2.45) is 0 Å². The number of hydrogen-bond donors (Lipinski definition) is 0. The summed E-state index contributed by atoms with van der Waals surface area (Å²) in [4.78, 5) is 50.4. The van der Waals surface area contributed by atoms with Crippen LogP contribution < -0.4 is 4.90 Å². The molecule has 0 N–H and O–H groups in total. The van der Waals surface area contributed by atoms with Crippen LogP contribution in [0.4, 0.5) is 5.69 Å². The van der Waals surface area contributed by atoms with Crippen LogP contribution in [0.15, 0.2) is 30.3 Å². The molecular weight excluding hydrogens is 378 g/mol. The maximum Gasteiger partial charge on any atom is 0.325 e. The van der Waals surface area contributed by atoms with E-state index >= 15 is 0 Å². The van der Waals surface area contributed by atoms with Gasteiger partial charge in [-0.3, -0.25) is 19.2 Å². The summed E-state index contributed by atoms with van der Waals surface area (Å²) < 4.78 is 10.4. The molecule has 0 atom stereocenters. The summed E-state index contributed by atoms with van der Waals surface area (Å²) in [6.45, 7) is 3.57. The second-order valence-electron chi connectivity index (χ2n) is 6.51. The van der Waals surface area contributed by atoms with Crippen molar-refractivity contribution in [2.75, 3.05) is 58.4 Å². The highest BCUT2D eigenvalue weighted by atomic mass is 16.5. The van der Waals surface area contributed by atoms with E-state index in [0.29, 0.717) is 13.1 Å². The van der Waals surface area contributed by atoms with Gasteiger partial charge in [-0.05, 0) is 12.1 Å². The molecule has 29 heavy (non-hydrogen) atoms. The van der Waals surface area contributed by atoms with Crippen LogP contribution in [0.2, 0.25) is 0 Å². The molecule has 160 valence electrons. The number of nitrogens with zero attached hydrogens (tertiary/aromatic N) is 3. The summed E-state index contributed by atoms with van der Waals surface area (Å²) in [5.74, 6) is -1.42. The van der Waals surface area contributed by atoms with E-state index in [1.807, 2.05) is 35.2 Å². The van der Waals surface area contributed by atoms with Crippen molar-refractivity contribution in [3.05, 3.63) is 30.3 Å². The van der Waals surface area contributed by atoms with Gasteiger partial charge in [0.2, 0.25) is 11.8 Å². The van der Waals surface area contributed by atoms with Crippen molar-refractivity contribution < 1.29 is 28.7 Å². The van der Waals surface area contributed by atoms with Gasteiger partial charge in [-0.15, -0.1) is 0 Å². The maximum absolute atomic E-state index is 11.8. The molecule has 1 aromatic carbocycles. The Hall–Kier alpha value is -3.10. The average molecular weight is 407 g/mol. The van der Waals surface area contributed by atoms with Crippen LogP contribution in [0, 0.1) is 0 Å². The second kappa shape index (κ2) is 12.4. The molecule has 0 saturated heterocycles. The Kier molecular flexibility index (Phi) is 10.2. The standard InChI is InChI=1S/C20H29N3O6/c1-16(24)21(3)14-19(26)28-12-10-23(18-8-6-5-7-9-18)11-13-29-20(27)15-22(4)17(2)25/h5-9H,10-15H2,1-4H3. The van der Waals surface area contributed by atoms with E-state index in [4.69, 9.17) is 9.47 Å². The highest BCUT2D eigenvalue weighted by Crippen LogP contribution is 2.12. The van der Waals surface area contributed by atoms with Crippen LogP contribution in [0.25, 0.3) is 0 Å². The molecule has 0 bridgehead atoms. The lowest BCUT2D eigenvalue weighted by atomic mass is 10.3. The summed E-state index contributed by atoms with van der Waals surface area (Å²) in [6.07, 6.45) is 0. The van der Waals surface area contributed by atoms with Gasteiger partial charge in [-0.25, -0.2) is 0 Å². The monoisotopic (exact) mass is 407 g/mol. The maximum atomic E-state index is 11.8. The van der Waals surface area contributed by atoms with E-state index in [-0.39, 0.29) is 38.1 Å². The smallest absolute Gasteiger partial charge is 0.325 e. The fourth-order valence-electron chi connectivity index (χ4n) is 2.25. The lowest BCUT2D eigenvalue weighted by molar-refractivity contribution is -0.147. The van der Waals surface area contributed by atoms with E-state index < -0.39 is 11.9 Å². The largest absolute Gasteiger partial charge is 0.462 e. The van der Waals surface area contributed by atoms with E-state index in [0.717, 1.165) is 5.69 Å². The molecule has 0 unspecified atom stereocenters. The number of rotatable bonds is 11. The Labute approximate surface area is 171 Å². The predicted octanol–water partition coefficient (Wildman–Crippen LogP) is 0.536. The van der Waals surface area contributed by atoms with Gasteiger partial charge in [0, 0.05) is 33.6 Å². The second-order valence-corrected chi connectivity index (χ2v) is 6.51. The van der Waals surface area contributed by atoms with E-state index in [9.17, 15) is 19.2 Å². The van der Waals surface area contributed by atoms with Crippen molar-refractivity contribution in [3.63, 3.8) is 0 Å². The van der Waals surface area contributed by atoms with Crippen LogP contribution >= 0.6 is 0 Å². The molecule has 0 aliphatic carbocycles. The van der Waals surface area contributed by atoms with Gasteiger partial charge in [0.15, 0.2) is 0 Å². The van der Waals surface area contributed by atoms with Crippen molar-refractivity contribution in [2.45, 2.75) is 13.8 Å². The first-order chi connectivity index (χ1) is 13.7. The van der Waals surface area contributed by atoms with Crippen LogP contribution in [0.1, 0.15) is 13.8 Å². The summed E-state index contributed by atoms with van der Waals surface area (Å²) in [6, 6.07) is 9.44. The molecule has 2 amide bonds. The molecule has 0 aliphatic rings. The van der Waals surface area contributed by atoms with Gasteiger partial charge < -0.3 is 24.2 Å². The number of carbonyl (C=O) groups is 4. The van der Waals surface area contributed by atoms with Gasteiger partial charge >= 0.3 is 11.9 Å². The van der Waals surface area contributed by atoms with E-state index in [1.54, 1.807) is 0 Å². The molecule has 0 fully saturated rings. The van der Waals surface area contributed by atoms with Crippen molar-refractivity contribution in [1.82, 2.24) is 9.80 Å². The van der Waals surface area contributed by atoms with Gasteiger partial charge in [0.25, 0.3) is 0 Å². The number of anilines is 1. The van der Waals surface area contributed by atoms with E-state index in [1.165, 1.54) is 37.7 Å². The highest BCUT2D eigenvalue weighted by molar-refractivity contribution is 5.80. The van der Waals surface area contributed by atoms with Crippen molar-refractivity contribution >= 4 is 29.4 Å². The third-order valence-corrected chi connectivity index (χ3v) is 4.18. The quantitative estimate of drug-likeness (QED) is 0.494. The van der Waals surface area contributed by atoms with Crippen LogP contribution in [-0.2, 0) is 28.7 Å². The zero-order valence-corrected chi connectivity index (χ0v) is 17.4. The summed E-state index contributed by atoms with van der Waals surface area (Å²) >= 11 is 0. The summed E-state index contributed by atoms with van der Waals surface area (Å²) in [5, 5.41) is 0. The Morgan fingerprint density at radius 2 is 1.17 bits per heavy atom. The molecular formula is C20H29N3O6. The third kappa shape index (κ3) is 9.59. The molecule has 1 aromatic rings. The van der Waals surface area contributed by atoms with Crippen LogP contribution in [-0.4, -0.2) is 87.0 Å². The van der Waals surface area contributed by atoms with Gasteiger partial charge in [-0.1, -0.05) is 18.2 Å². The number of para-hydroxylation sites is 1. The van der Waals surface area contributed by atoms with E-state index in [2.05, 4.69) is 0 Å². The lowest BCUT2D eigenvalue weighted by Gasteiger charge is -2.25. The lowest BCUT2D eigenvalue weighted by Crippen LogP contribution is -2.36. The molecule has 1 rings (SSSR count). The van der Waals surface area contributed by atoms with Crippen molar-refractivity contribution in [1.29, 1.82) is 0 Å². The van der Waals surface area contributed by atoms with Gasteiger partial charge in [0.05, 0.1) is 13.1 Å². The number of amides is 2. The molecule has 0 aliphatic heterocycles. The Morgan fingerprint density at radius 3 is 1.55 bits per heavy atom. The molecule has 0 saturated carbocycles.